The van der Waals surface area contributed by atoms with E-state index in [1.54, 1.807) is 12.2 Å². The van der Waals surface area contributed by atoms with E-state index < -0.39 is 0 Å². The Morgan fingerprint density at radius 1 is 0.889 bits per heavy atom. The topological polar surface area (TPSA) is 17.1 Å². The minimum absolute atomic E-state index is 0.155. The molecule has 1 heteroatoms. The normalized spacial score (nSPS) is 16.1. The van der Waals surface area contributed by atoms with Gasteiger partial charge in [0.25, 0.3) is 0 Å². The third-order valence-electron chi connectivity index (χ3n) is 3.50. The number of carbonyl (C=O) groups is 1. The molecule has 2 rings (SSSR count). The van der Waals surface area contributed by atoms with Crippen molar-refractivity contribution in [3.8, 4) is 0 Å². The summed E-state index contributed by atoms with van der Waals surface area (Å²) in [6, 6.07) is 9.99. The van der Waals surface area contributed by atoms with Crippen LogP contribution in [0.2, 0.25) is 0 Å². The highest BCUT2D eigenvalue weighted by atomic mass is 16.1. The van der Waals surface area contributed by atoms with Gasteiger partial charge in [-0.1, -0.05) is 103 Å². The van der Waals surface area contributed by atoms with Gasteiger partial charge < -0.3 is 0 Å². The van der Waals surface area contributed by atoms with E-state index in [-0.39, 0.29) is 5.78 Å². The van der Waals surface area contributed by atoms with Crippen molar-refractivity contribution < 1.29 is 4.79 Å². The summed E-state index contributed by atoms with van der Waals surface area (Å²) in [5, 5.41) is 0. The SMILES string of the molecule is C=C/C=C(C=C)/C=C1\CCC/C(=C\c2ccccc2)C1=O.CC.CC.CC. The lowest BCUT2D eigenvalue weighted by molar-refractivity contribution is -0.112. The van der Waals surface area contributed by atoms with E-state index in [9.17, 15) is 4.79 Å². The van der Waals surface area contributed by atoms with Gasteiger partial charge in [-0.15, -0.1) is 0 Å². The maximum Gasteiger partial charge on any atom is 0.185 e. The van der Waals surface area contributed by atoms with Crippen molar-refractivity contribution in [2.45, 2.75) is 60.8 Å². The Bertz CT molecular complexity index is 627. The van der Waals surface area contributed by atoms with Crippen LogP contribution in [0.1, 0.15) is 66.4 Å². The standard InChI is InChI=1S/C20H20O.3C2H6/c1-3-9-16(4-2)14-18-12-8-13-19(20(18)21)15-17-10-6-5-7-11-17;3*1-2/h3-7,9-11,14-15H,1-2,8,12-13H2;3*1-2H3/b16-9+,18-14+,19-15+;;;. The van der Waals surface area contributed by atoms with E-state index >= 15 is 0 Å². The smallest absolute Gasteiger partial charge is 0.185 e. The number of carbonyl (C=O) groups excluding carboxylic acids is 1. The summed E-state index contributed by atoms with van der Waals surface area (Å²) in [4.78, 5) is 12.6. The van der Waals surface area contributed by atoms with Crippen LogP contribution in [0.5, 0.6) is 0 Å². The van der Waals surface area contributed by atoms with Crippen molar-refractivity contribution in [2.24, 2.45) is 0 Å². The van der Waals surface area contributed by atoms with Crippen molar-refractivity contribution in [1.82, 2.24) is 0 Å². The van der Waals surface area contributed by atoms with Gasteiger partial charge in [-0.2, -0.15) is 0 Å². The first-order chi connectivity index (χ1) is 13.2. The Labute approximate surface area is 167 Å². The molecule has 27 heavy (non-hydrogen) atoms. The Morgan fingerprint density at radius 2 is 1.44 bits per heavy atom. The van der Waals surface area contributed by atoms with Crippen molar-refractivity contribution in [1.29, 1.82) is 0 Å². The lowest BCUT2D eigenvalue weighted by Crippen LogP contribution is -2.12. The average molecular weight is 367 g/mol. The van der Waals surface area contributed by atoms with Gasteiger partial charge in [0.05, 0.1) is 0 Å². The van der Waals surface area contributed by atoms with Gasteiger partial charge in [-0.3, -0.25) is 4.79 Å². The van der Waals surface area contributed by atoms with Crippen LogP contribution < -0.4 is 0 Å². The molecule has 0 N–H and O–H groups in total. The predicted octanol–water partition coefficient (Wildman–Crippen LogP) is 8.13. The molecule has 0 heterocycles. The lowest BCUT2D eigenvalue weighted by Gasteiger charge is -2.16. The van der Waals surface area contributed by atoms with E-state index in [4.69, 9.17) is 0 Å². The zero-order chi connectivity index (χ0) is 21.1. The first-order valence-electron chi connectivity index (χ1n) is 10.2. The fraction of sp³-hybridized carbons (Fsp3) is 0.346. The van der Waals surface area contributed by atoms with Crippen LogP contribution in [0, 0.1) is 0 Å². The molecule has 0 aliphatic heterocycles. The molecule has 0 atom stereocenters. The van der Waals surface area contributed by atoms with Crippen molar-refractivity contribution in [2.75, 3.05) is 0 Å². The van der Waals surface area contributed by atoms with Crippen molar-refractivity contribution >= 4 is 11.9 Å². The number of allylic oxidation sites excluding steroid dienone is 7. The maximum absolute atomic E-state index is 12.6. The molecule has 1 aliphatic carbocycles. The van der Waals surface area contributed by atoms with Gasteiger partial charge in [-0.25, -0.2) is 0 Å². The van der Waals surface area contributed by atoms with E-state index in [0.29, 0.717) is 0 Å². The lowest BCUT2D eigenvalue weighted by atomic mass is 9.87. The Kier molecular flexibility index (Phi) is 18.3. The molecule has 1 aliphatic rings. The van der Waals surface area contributed by atoms with Gasteiger partial charge in [0, 0.05) is 11.1 Å². The monoisotopic (exact) mass is 366 g/mol. The molecular weight excluding hydrogens is 328 g/mol. The molecule has 1 aromatic carbocycles. The van der Waals surface area contributed by atoms with Gasteiger partial charge >= 0.3 is 0 Å². The first-order valence-corrected chi connectivity index (χ1v) is 10.2. The number of Topliss-reactive ketones (excluding diaryl/α,β-unsaturated/α-hetero) is 1. The molecule has 1 nitrogen and oxygen atoms in total. The summed E-state index contributed by atoms with van der Waals surface area (Å²) in [6.45, 7) is 19.5. The van der Waals surface area contributed by atoms with Gasteiger partial charge in [0.1, 0.15) is 0 Å². The molecule has 0 amide bonds. The molecule has 1 saturated carbocycles. The second-order valence-corrected chi connectivity index (χ2v) is 5.04. The highest BCUT2D eigenvalue weighted by Gasteiger charge is 2.20. The largest absolute Gasteiger partial charge is 0.289 e. The number of ketones is 1. The van der Waals surface area contributed by atoms with E-state index in [2.05, 4.69) is 13.2 Å². The van der Waals surface area contributed by atoms with Crippen molar-refractivity contribution in [3.63, 3.8) is 0 Å². The Balaban J connectivity index is 0. The quantitative estimate of drug-likeness (QED) is 0.388. The van der Waals surface area contributed by atoms with Crippen LogP contribution in [0.3, 0.4) is 0 Å². The minimum Gasteiger partial charge on any atom is -0.289 e. The number of hydrogen-bond donors (Lipinski definition) is 0. The summed E-state index contributed by atoms with van der Waals surface area (Å²) >= 11 is 0. The Morgan fingerprint density at radius 3 is 1.96 bits per heavy atom. The molecular formula is C26H38O. The molecule has 0 saturated heterocycles. The third-order valence-corrected chi connectivity index (χ3v) is 3.50. The van der Waals surface area contributed by atoms with Crippen LogP contribution in [-0.4, -0.2) is 5.78 Å². The maximum atomic E-state index is 12.6. The van der Waals surface area contributed by atoms with Crippen LogP contribution in [0.25, 0.3) is 6.08 Å². The third kappa shape index (κ3) is 10.4. The summed E-state index contributed by atoms with van der Waals surface area (Å²) in [7, 11) is 0. The molecule has 148 valence electrons. The Hall–Kier alpha value is -2.41. The summed E-state index contributed by atoms with van der Waals surface area (Å²) < 4.78 is 0. The fourth-order valence-electron chi connectivity index (χ4n) is 2.44. The van der Waals surface area contributed by atoms with Crippen LogP contribution in [0.15, 0.2) is 84.5 Å². The minimum atomic E-state index is 0.155. The highest BCUT2D eigenvalue weighted by molar-refractivity contribution is 6.11. The summed E-state index contributed by atoms with van der Waals surface area (Å²) in [5.41, 5.74) is 3.75. The molecule has 0 bridgehead atoms. The first kappa shape index (κ1) is 26.8. The highest BCUT2D eigenvalue weighted by Crippen LogP contribution is 2.27. The van der Waals surface area contributed by atoms with Gasteiger partial charge in [-0.05, 0) is 42.6 Å². The fourth-order valence-corrected chi connectivity index (χ4v) is 2.44. The van der Waals surface area contributed by atoms with Crippen LogP contribution >= 0.6 is 0 Å². The van der Waals surface area contributed by atoms with E-state index in [1.165, 1.54) is 0 Å². The second-order valence-electron chi connectivity index (χ2n) is 5.04. The van der Waals surface area contributed by atoms with E-state index in [1.807, 2.05) is 90.1 Å². The zero-order valence-corrected chi connectivity index (χ0v) is 18.2. The zero-order valence-electron chi connectivity index (χ0n) is 18.2. The van der Waals surface area contributed by atoms with Crippen LogP contribution in [0.4, 0.5) is 0 Å². The molecule has 0 aromatic heterocycles. The predicted molar refractivity (Wildman–Crippen MR) is 124 cm³/mol. The number of hydrogen-bond acceptors (Lipinski definition) is 1. The number of benzene rings is 1. The average Bonchev–Trinajstić information content (AvgIpc) is 2.75. The summed E-state index contributed by atoms with van der Waals surface area (Å²) in [6.07, 6.45) is 11.9. The summed E-state index contributed by atoms with van der Waals surface area (Å²) in [5.74, 6) is 0.155. The second kappa shape index (κ2) is 18.4. The molecule has 0 radical (unpaired) electrons. The van der Waals surface area contributed by atoms with Crippen LogP contribution in [-0.2, 0) is 4.79 Å². The van der Waals surface area contributed by atoms with Gasteiger partial charge in [0.2, 0.25) is 0 Å². The molecule has 0 unspecified atom stereocenters. The van der Waals surface area contributed by atoms with Crippen molar-refractivity contribution in [3.05, 3.63) is 90.1 Å². The van der Waals surface area contributed by atoms with E-state index in [0.717, 1.165) is 41.5 Å². The number of rotatable bonds is 4. The molecule has 1 fully saturated rings. The molecule has 0 spiro atoms. The molecule has 1 aromatic rings. The van der Waals surface area contributed by atoms with Gasteiger partial charge in [0.15, 0.2) is 5.78 Å².